The fourth-order valence-corrected chi connectivity index (χ4v) is 8.65. The van der Waals surface area contributed by atoms with Crippen molar-refractivity contribution in [2.75, 3.05) is 19.8 Å². The van der Waals surface area contributed by atoms with Crippen LogP contribution in [0.1, 0.15) is 12.5 Å². The van der Waals surface area contributed by atoms with E-state index < -0.39 is 183 Å². The van der Waals surface area contributed by atoms with Crippen LogP contribution in [0.25, 0.3) is 28.4 Å². The predicted molar refractivity (Wildman–Crippen MR) is 246 cm³/mol. The standard InChI is InChI=1S/C48H56O28/c1-16-43(76-30(54)7-4-17-2-5-20(6-3-17)69-46-39(63)35(59)32(56)27(13-49)73-46)38(62)42(66)45(68-16)67-15-29-34(58)37(61)41(65)48(75-29)72-26-12-21-24(70-44(26)18-8-22(52)31(55)23(53)9-18)10-19(51)11-25(21)71-47-40(64)36(60)33(57)28(14-50)74-47/h2-12,16,27-29,32-43,45-50,56-66H,13-15H2,1H3,(H3-,51,52,53,55)/p+1/b7-4+/t16-,27-,28+,29+,32+,33+,34+,35-,36-,37-,38-,39-,40-,41+,42-,43-,45+,46+,47+,48+/m0/s1. The first-order chi connectivity index (χ1) is 36.1. The van der Waals surface area contributed by atoms with Crippen LogP contribution in [-0.2, 0) is 33.2 Å². The largest absolute Gasteiger partial charge is 0.507 e. The van der Waals surface area contributed by atoms with Crippen molar-refractivity contribution in [3.05, 3.63) is 66.2 Å². The van der Waals surface area contributed by atoms with Gasteiger partial charge in [0.25, 0.3) is 0 Å². The van der Waals surface area contributed by atoms with E-state index in [9.17, 15) is 91.6 Å². The fourth-order valence-electron chi connectivity index (χ4n) is 8.65. The van der Waals surface area contributed by atoms with E-state index in [1.165, 1.54) is 37.3 Å². The highest BCUT2D eigenvalue weighted by Crippen LogP contribution is 2.46. The second-order valence-corrected chi connectivity index (χ2v) is 18.2. The van der Waals surface area contributed by atoms with E-state index in [1.54, 1.807) is 0 Å². The summed E-state index contributed by atoms with van der Waals surface area (Å²) in [6.07, 6.45) is -31.5. The minimum absolute atomic E-state index is 0.113. The summed E-state index contributed by atoms with van der Waals surface area (Å²) in [5, 5.41) is 177. The van der Waals surface area contributed by atoms with Crippen LogP contribution in [0.5, 0.6) is 40.2 Å². The maximum Gasteiger partial charge on any atom is 0.402 e. The van der Waals surface area contributed by atoms with Crippen molar-refractivity contribution in [1.82, 2.24) is 0 Å². The Morgan fingerprint density at radius 3 is 1.66 bits per heavy atom. The molecular weight excluding hydrogens is 1020 g/mol. The molecule has 1 aromatic heterocycles. The lowest BCUT2D eigenvalue weighted by Crippen LogP contribution is -2.62. The van der Waals surface area contributed by atoms with Gasteiger partial charge in [0.05, 0.1) is 37.6 Å². The van der Waals surface area contributed by atoms with E-state index in [2.05, 4.69) is 0 Å². The zero-order valence-corrected chi connectivity index (χ0v) is 39.6. The van der Waals surface area contributed by atoms with Gasteiger partial charge in [-0.25, -0.2) is 9.21 Å². The summed E-state index contributed by atoms with van der Waals surface area (Å²) in [7, 11) is 0. The average molecular weight is 1080 g/mol. The smallest absolute Gasteiger partial charge is 0.402 e. The lowest BCUT2D eigenvalue weighted by atomic mass is 9.98. The zero-order chi connectivity index (χ0) is 55.0. The summed E-state index contributed by atoms with van der Waals surface area (Å²) < 4.78 is 56.9. The molecule has 0 saturated carbocycles. The third-order valence-electron chi connectivity index (χ3n) is 13.0. The summed E-state index contributed by atoms with van der Waals surface area (Å²) in [6, 6.07) is 11.0. The first kappa shape index (κ1) is 56.4. The molecule has 76 heavy (non-hydrogen) atoms. The molecule has 20 atom stereocenters. The summed E-state index contributed by atoms with van der Waals surface area (Å²) in [4.78, 5) is 12.9. The Balaban J connectivity index is 0.940. The Hall–Kier alpha value is -5.84. The molecule has 4 saturated heterocycles. The number of aliphatic hydroxyl groups excluding tert-OH is 13. The summed E-state index contributed by atoms with van der Waals surface area (Å²) in [5.74, 6) is -5.13. The van der Waals surface area contributed by atoms with Gasteiger partial charge in [0.1, 0.15) is 108 Å². The van der Waals surface area contributed by atoms with Gasteiger partial charge in [-0.15, -0.1) is 0 Å². The van der Waals surface area contributed by atoms with Crippen LogP contribution in [0.4, 0.5) is 0 Å². The molecule has 4 aromatic rings. The number of fused-ring (bicyclic) bond motifs is 1. The number of esters is 1. The third kappa shape index (κ3) is 11.7. The van der Waals surface area contributed by atoms with E-state index in [0.717, 1.165) is 36.4 Å². The zero-order valence-electron chi connectivity index (χ0n) is 39.6. The number of benzene rings is 3. The minimum Gasteiger partial charge on any atom is -0.507 e. The van der Waals surface area contributed by atoms with Crippen molar-refractivity contribution >= 4 is 23.0 Å². The molecule has 4 fully saturated rings. The normalized spacial score (nSPS) is 36.0. The molecule has 0 aliphatic carbocycles. The average Bonchev–Trinajstić information content (AvgIpc) is 3.40. The fraction of sp³-hybridized carbons (Fsp3) is 0.500. The molecule has 4 aliphatic heterocycles. The topological polar surface area (TPSA) is 455 Å². The quantitative estimate of drug-likeness (QED) is 0.0233. The maximum absolute atomic E-state index is 12.9. The van der Waals surface area contributed by atoms with Crippen LogP contribution < -0.4 is 14.2 Å². The van der Waals surface area contributed by atoms with Gasteiger partial charge in [0, 0.05) is 30.3 Å². The number of carbonyl (C=O) groups is 1. The van der Waals surface area contributed by atoms with Crippen molar-refractivity contribution in [3.8, 4) is 51.6 Å². The molecule has 0 spiro atoms. The number of phenolic OH excluding ortho intramolecular Hbond substituents is 4. The molecule has 0 unspecified atom stereocenters. The van der Waals surface area contributed by atoms with E-state index >= 15 is 0 Å². The molecule has 4 aliphatic rings. The number of hydrogen-bond donors (Lipinski definition) is 17. The van der Waals surface area contributed by atoms with Gasteiger partial charge in [0.15, 0.2) is 29.6 Å². The van der Waals surface area contributed by atoms with Crippen LogP contribution in [0.2, 0.25) is 0 Å². The van der Waals surface area contributed by atoms with Crippen LogP contribution in [0.3, 0.4) is 0 Å². The minimum atomic E-state index is -2.07. The molecule has 28 nitrogen and oxygen atoms in total. The Morgan fingerprint density at radius 2 is 1.09 bits per heavy atom. The number of hydrogen-bond acceptors (Lipinski definition) is 27. The number of aromatic hydroxyl groups is 4. The molecule has 3 aromatic carbocycles. The van der Waals surface area contributed by atoms with Crippen molar-refractivity contribution < 1.29 is 139 Å². The van der Waals surface area contributed by atoms with Gasteiger partial charge >= 0.3 is 17.3 Å². The van der Waals surface area contributed by atoms with Crippen LogP contribution in [0, 0.1) is 0 Å². The second kappa shape index (κ2) is 23.4. The predicted octanol–water partition coefficient (Wildman–Crippen LogP) is -4.14. The first-order valence-electron chi connectivity index (χ1n) is 23.4. The van der Waals surface area contributed by atoms with E-state index in [0.29, 0.717) is 5.56 Å². The highest BCUT2D eigenvalue weighted by atomic mass is 16.7. The molecule has 416 valence electrons. The number of rotatable bonds is 15. The van der Waals surface area contributed by atoms with E-state index in [1.807, 2.05) is 0 Å². The second-order valence-electron chi connectivity index (χ2n) is 18.2. The lowest BCUT2D eigenvalue weighted by molar-refractivity contribution is -0.319. The van der Waals surface area contributed by atoms with Crippen molar-refractivity contribution in [3.63, 3.8) is 0 Å². The number of phenols is 4. The monoisotopic (exact) mass is 1080 g/mol. The first-order valence-corrected chi connectivity index (χ1v) is 23.4. The highest BCUT2D eigenvalue weighted by molar-refractivity contribution is 5.89. The SMILES string of the molecule is C[C@@H]1O[C@@H](OC[C@H]2O[C@@H](Oc3cc4c(O[C@@H]5O[C@H](CO)[C@@H](O)[C@H](O)[C@@H]5O)cc(O)cc4[o+]c3-c3cc(O)c(O)c(O)c3)[C@H](O)[C@@H](O)[C@@H]2O)[C@@H](O)[C@H](O)[C@H]1OC(=O)/C=C/c1ccc(O[C@@H]2O[C@@H](CO)[C@@H](O)[C@H](O)[C@@H]2O)cc1. The molecule has 5 heterocycles. The van der Waals surface area contributed by atoms with Gasteiger partial charge in [0.2, 0.25) is 24.6 Å². The molecule has 28 heteroatoms. The van der Waals surface area contributed by atoms with Crippen LogP contribution >= 0.6 is 0 Å². The summed E-state index contributed by atoms with van der Waals surface area (Å²) >= 11 is 0. The Labute approximate surface area is 428 Å². The number of aliphatic hydroxyl groups is 13. The molecule has 0 amide bonds. The molecule has 0 radical (unpaired) electrons. The van der Waals surface area contributed by atoms with Crippen molar-refractivity contribution in [2.45, 2.75) is 130 Å². The van der Waals surface area contributed by atoms with Gasteiger partial charge in [-0.2, -0.15) is 0 Å². The maximum atomic E-state index is 12.9. The van der Waals surface area contributed by atoms with Gasteiger partial charge in [-0.05, 0) is 30.7 Å². The van der Waals surface area contributed by atoms with Gasteiger partial charge in [-0.3, -0.25) is 0 Å². The Bertz CT molecular complexity index is 2650. The van der Waals surface area contributed by atoms with Crippen molar-refractivity contribution in [1.29, 1.82) is 0 Å². The molecule has 0 bridgehead atoms. The van der Waals surface area contributed by atoms with Gasteiger partial charge in [-0.1, -0.05) is 12.1 Å². The summed E-state index contributed by atoms with van der Waals surface area (Å²) in [6.45, 7) is -0.810. The molecule has 8 rings (SSSR count). The molecule has 17 N–H and O–H groups in total. The Kier molecular flexibility index (Phi) is 17.4. The van der Waals surface area contributed by atoms with E-state index in [4.69, 9.17) is 47.0 Å². The molecular formula is C48H57O28+. The van der Waals surface area contributed by atoms with Gasteiger partial charge < -0.3 is 129 Å². The summed E-state index contributed by atoms with van der Waals surface area (Å²) in [5.41, 5.74) is 0.00504. The van der Waals surface area contributed by atoms with Crippen molar-refractivity contribution in [2.24, 2.45) is 0 Å². The van der Waals surface area contributed by atoms with Crippen LogP contribution in [-0.4, -0.2) is 235 Å². The third-order valence-corrected chi connectivity index (χ3v) is 13.0. The lowest BCUT2D eigenvalue weighted by Gasteiger charge is -2.42. The highest BCUT2D eigenvalue weighted by Gasteiger charge is 2.50. The van der Waals surface area contributed by atoms with Crippen LogP contribution in [0.15, 0.2) is 65.1 Å². The number of carbonyl (C=O) groups excluding carboxylic acids is 1. The number of ether oxygens (including phenoxy) is 9. The van der Waals surface area contributed by atoms with E-state index in [-0.39, 0.29) is 28.0 Å². The Morgan fingerprint density at radius 1 is 0.579 bits per heavy atom.